The Hall–Kier alpha value is -1.09. The predicted molar refractivity (Wildman–Crippen MR) is 55.3 cm³/mol. The maximum atomic E-state index is 11.9. The number of alkyl halides is 1. The molecule has 0 heterocycles. The average Bonchev–Trinajstić information content (AvgIpc) is 2.15. The SMILES string of the molecule is Cc1ccc(OCCF)c([C@H](C)N)c1. The first-order valence-corrected chi connectivity index (χ1v) is 4.70. The van der Waals surface area contributed by atoms with Gasteiger partial charge in [-0.15, -0.1) is 0 Å². The second-order valence-corrected chi connectivity index (χ2v) is 3.37. The van der Waals surface area contributed by atoms with Gasteiger partial charge in [0.2, 0.25) is 0 Å². The smallest absolute Gasteiger partial charge is 0.124 e. The summed E-state index contributed by atoms with van der Waals surface area (Å²) < 4.78 is 17.2. The van der Waals surface area contributed by atoms with E-state index in [1.54, 1.807) is 0 Å². The van der Waals surface area contributed by atoms with Gasteiger partial charge < -0.3 is 10.5 Å². The molecule has 0 saturated carbocycles. The van der Waals surface area contributed by atoms with E-state index in [4.69, 9.17) is 10.5 Å². The molecule has 1 aromatic carbocycles. The molecular weight excluding hydrogens is 181 g/mol. The van der Waals surface area contributed by atoms with Gasteiger partial charge in [-0.05, 0) is 19.9 Å². The molecule has 1 aromatic rings. The summed E-state index contributed by atoms with van der Waals surface area (Å²) in [7, 11) is 0. The third-order valence-electron chi connectivity index (χ3n) is 1.99. The Morgan fingerprint density at radius 3 is 2.79 bits per heavy atom. The summed E-state index contributed by atoms with van der Waals surface area (Å²) >= 11 is 0. The molecule has 3 heteroatoms. The summed E-state index contributed by atoms with van der Waals surface area (Å²) in [6.07, 6.45) is 0. The number of hydrogen-bond acceptors (Lipinski definition) is 2. The largest absolute Gasteiger partial charge is 0.491 e. The van der Waals surface area contributed by atoms with Crippen molar-refractivity contribution in [2.75, 3.05) is 13.3 Å². The van der Waals surface area contributed by atoms with Gasteiger partial charge in [0.25, 0.3) is 0 Å². The van der Waals surface area contributed by atoms with Crippen LogP contribution >= 0.6 is 0 Å². The third kappa shape index (κ3) is 2.70. The van der Waals surface area contributed by atoms with Crippen LogP contribution < -0.4 is 10.5 Å². The number of nitrogens with two attached hydrogens (primary N) is 1. The van der Waals surface area contributed by atoms with Gasteiger partial charge >= 0.3 is 0 Å². The fourth-order valence-electron chi connectivity index (χ4n) is 1.30. The predicted octanol–water partition coefficient (Wildman–Crippen LogP) is 2.36. The lowest BCUT2D eigenvalue weighted by Crippen LogP contribution is -2.09. The molecule has 0 aromatic heterocycles. The zero-order valence-corrected chi connectivity index (χ0v) is 8.59. The second-order valence-electron chi connectivity index (χ2n) is 3.37. The van der Waals surface area contributed by atoms with E-state index in [1.807, 2.05) is 32.0 Å². The van der Waals surface area contributed by atoms with Crippen LogP contribution in [0, 0.1) is 6.92 Å². The second kappa shape index (κ2) is 4.96. The molecule has 0 aliphatic rings. The van der Waals surface area contributed by atoms with Gasteiger partial charge in [0.05, 0.1) is 0 Å². The van der Waals surface area contributed by atoms with Crippen molar-refractivity contribution >= 4 is 0 Å². The molecule has 78 valence electrons. The molecule has 0 radical (unpaired) electrons. The van der Waals surface area contributed by atoms with Gasteiger partial charge in [-0.2, -0.15) is 0 Å². The molecular formula is C11H16FNO. The summed E-state index contributed by atoms with van der Waals surface area (Å²) in [6.45, 7) is 3.48. The van der Waals surface area contributed by atoms with Gasteiger partial charge in [0.15, 0.2) is 0 Å². The Morgan fingerprint density at radius 2 is 2.21 bits per heavy atom. The Bertz CT molecular complexity index is 299. The van der Waals surface area contributed by atoms with Crippen LogP contribution in [0.3, 0.4) is 0 Å². The number of ether oxygens (including phenoxy) is 1. The van der Waals surface area contributed by atoms with Gasteiger partial charge in [0.1, 0.15) is 19.0 Å². The standard InChI is InChI=1S/C11H16FNO/c1-8-3-4-11(14-6-5-12)10(7-8)9(2)13/h3-4,7,9H,5-6,13H2,1-2H3/t9-/m0/s1. The zero-order chi connectivity index (χ0) is 10.6. The minimum atomic E-state index is -0.480. The Balaban J connectivity index is 2.90. The van der Waals surface area contributed by atoms with Gasteiger partial charge in [-0.25, -0.2) is 4.39 Å². The lowest BCUT2D eigenvalue weighted by atomic mass is 10.1. The highest BCUT2D eigenvalue weighted by Gasteiger charge is 2.07. The molecule has 0 saturated heterocycles. The van der Waals surface area contributed by atoms with E-state index in [0.29, 0.717) is 5.75 Å². The van der Waals surface area contributed by atoms with E-state index in [2.05, 4.69) is 0 Å². The summed E-state index contributed by atoms with van der Waals surface area (Å²) in [5.41, 5.74) is 7.84. The molecule has 0 aliphatic heterocycles. The van der Waals surface area contributed by atoms with Crippen LogP contribution in [0.5, 0.6) is 5.75 Å². The fourth-order valence-corrected chi connectivity index (χ4v) is 1.30. The van der Waals surface area contributed by atoms with Crippen LogP contribution in [-0.2, 0) is 0 Å². The van der Waals surface area contributed by atoms with Crippen molar-refractivity contribution in [2.24, 2.45) is 5.73 Å². The normalized spacial score (nSPS) is 12.6. The van der Waals surface area contributed by atoms with Crippen LogP contribution in [0.15, 0.2) is 18.2 Å². The number of rotatable bonds is 4. The Kier molecular flexibility index (Phi) is 3.89. The van der Waals surface area contributed by atoms with Crippen LogP contribution in [0.25, 0.3) is 0 Å². The minimum absolute atomic E-state index is 0.0861. The highest BCUT2D eigenvalue weighted by molar-refractivity contribution is 5.38. The zero-order valence-electron chi connectivity index (χ0n) is 8.59. The average molecular weight is 197 g/mol. The van der Waals surface area contributed by atoms with Crippen LogP contribution in [0.2, 0.25) is 0 Å². The number of hydrogen-bond donors (Lipinski definition) is 1. The van der Waals surface area contributed by atoms with Crippen molar-refractivity contribution in [3.05, 3.63) is 29.3 Å². The lowest BCUT2D eigenvalue weighted by molar-refractivity contribution is 0.270. The van der Waals surface area contributed by atoms with Crippen molar-refractivity contribution < 1.29 is 9.13 Å². The highest BCUT2D eigenvalue weighted by atomic mass is 19.1. The first kappa shape index (κ1) is 11.0. The van der Waals surface area contributed by atoms with Crippen molar-refractivity contribution in [1.29, 1.82) is 0 Å². The van der Waals surface area contributed by atoms with Crippen molar-refractivity contribution in [3.63, 3.8) is 0 Å². The molecule has 0 unspecified atom stereocenters. The minimum Gasteiger partial charge on any atom is -0.491 e. The Labute approximate surface area is 83.9 Å². The molecule has 0 spiro atoms. The van der Waals surface area contributed by atoms with E-state index in [1.165, 1.54) is 0 Å². The molecule has 0 amide bonds. The van der Waals surface area contributed by atoms with E-state index >= 15 is 0 Å². The number of benzene rings is 1. The molecule has 1 rings (SSSR count). The van der Waals surface area contributed by atoms with Gasteiger partial charge in [0, 0.05) is 11.6 Å². The molecule has 14 heavy (non-hydrogen) atoms. The molecule has 2 nitrogen and oxygen atoms in total. The van der Waals surface area contributed by atoms with E-state index in [9.17, 15) is 4.39 Å². The van der Waals surface area contributed by atoms with Crippen molar-refractivity contribution in [3.8, 4) is 5.75 Å². The summed E-state index contributed by atoms with van der Waals surface area (Å²) in [4.78, 5) is 0. The van der Waals surface area contributed by atoms with E-state index < -0.39 is 6.67 Å². The lowest BCUT2D eigenvalue weighted by Gasteiger charge is -2.13. The summed E-state index contributed by atoms with van der Waals surface area (Å²) in [6, 6.07) is 5.64. The monoisotopic (exact) mass is 197 g/mol. The molecule has 0 aliphatic carbocycles. The quantitative estimate of drug-likeness (QED) is 0.804. The first-order chi connectivity index (χ1) is 6.65. The molecule has 1 atom stereocenters. The summed E-state index contributed by atoms with van der Waals surface area (Å²) in [5, 5.41) is 0. The van der Waals surface area contributed by atoms with Crippen LogP contribution in [-0.4, -0.2) is 13.3 Å². The molecule has 0 bridgehead atoms. The van der Waals surface area contributed by atoms with Crippen LogP contribution in [0.1, 0.15) is 24.1 Å². The molecule has 0 fully saturated rings. The number of aryl methyl sites for hydroxylation is 1. The third-order valence-corrected chi connectivity index (χ3v) is 1.99. The maximum absolute atomic E-state index is 11.9. The fraction of sp³-hybridized carbons (Fsp3) is 0.455. The summed E-state index contributed by atoms with van der Waals surface area (Å²) in [5.74, 6) is 0.684. The van der Waals surface area contributed by atoms with E-state index in [0.717, 1.165) is 11.1 Å². The Morgan fingerprint density at radius 1 is 1.50 bits per heavy atom. The highest BCUT2D eigenvalue weighted by Crippen LogP contribution is 2.24. The first-order valence-electron chi connectivity index (χ1n) is 4.70. The van der Waals surface area contributed by atoms with Gasteiger partial charge in [-0.3, -0.25) is 0 Å². The van der Waals surface area contributed by atoms with Gasteiger partial charge in [-0.1, -0.05) is 17.7 Å². The topological polar surface area (TPSA) is 35.2 Å². The van der Waals surface area contributed by atoms with Crippen LogP contribution in [0.4, 0.5) is 4.39 Å². The van der Waals surface area contributed by atoms with Crippen molar-refractivity contribution in [1.82, 2.24) is 0 Å². The number of halogens is 1. The van der Waals surface area contributed by atoms with Crippen molar-refractivity contribution in [2.45, 2.75) is 19.9 Å². The maximum Gasteiger partial charge on any atom is 0.124 e. The van der Waals surface area contributed by atoms with E-state index in [-0.39, 0.29) is 12.6 Å². The molecule has 2 N–H and O–H groups in total.